The van der Waals surface area contributed by atoms with Crippen molar-refractivity contribution < 1.29 is 4.74 Å². The Morgan fingerprint density at radius 1 is 1.00 bits per heavy atom. The predicted octanol–water partition coefficient (Wildman–Crippen LogP) is 3.69. The number of hydrogen-bond donors (Lipinski definition) is 2. The molecule has 2 aromatic carbocycles. The summed E-state index contributed by atoms with van der Waals surface area (Å²) in [5.41, 5.74) is 9.47. The first-order valence-corrected chi connectivity index (χ1v) is 6.18. The topological polar surface area (TPSA) is 59.1 Å². The van der Waals surface area contributed by atoms with Crippen molar-refractivity contribution in [3.05, 3.63) is 58.7 Å². The SMILES string of the molecule is Cc1cccc(Oc2c(C)cccc2C(=N)N)c1C. The van der Waals surface area contributed by atoms with Gasteiger partial charge < -0.3 is 10.5 Å². The molecule has 0 unspecified atom stereocenters. The molecule has 0 aliphatic heterocycles. The average Bonchev–Trinajstić information content (AvgIpc) is 2.36. The summed E-state index contributed by atoms with van der Waals surface area (Å²) in [5, 5.41) is 7.63. The molecule has 0 heterocycles. The maximum absolute atomic E-state index is 7.63. The summed E-state index contributed by atoms with van der Waals surface area (Å²) in [6, 6.07) is 11.6. The lowest BCUT2D eigenvalue weighted by molar-refractivity contribution is 0.473. The van der Waals surface area contributed by atoms with Crippen molar-refractivity contribution in [2.75, 3.05) is 0 Å². The number of nitrogens with two attached hydrogens (primary N) is 1. The van der Waals surface area contributed by atoms with Crippen LogP contribution in [0.4, 0.5) is 0 Å². The Kier molecular flexibility index (Phi) is 3.56. The largest absolute Gasteiger partial charge is 0.456 e. The smallest absolute Gasteiger partial charge is 0.141 e. The standard InChI is InChI=1S/C16H18N2O/c1-10-6-5-9-14(12(10)3)19-15-11(2)7-4-8-13(15)16(17)18/h4-9H,1-3H3,(H3,17,18). The van der Waals surface area contributed by atoms with Gasteiger partial charge in [0.25, 0.3) is 0 Å². The Bertz CT molecular complexity index is 633. The number of nitrogen functional groups attached to an aromatic ring is 1. The molecule has 98 valence electrons. The highest BCUT2D eigenvalue weighted by molar-refractivity contribution is 5.98. The molecule has 19 heavy (non-hydrogen) atoms. The van der Waals surface area contributed by atoms with Gasteiger partial charge in [-0.15, -0.1) is 0 Å². The molecule has 0 radical (unpaired) electrons. The van der Waals surface area contributed by atoms with E-state index in [1.54, 1.807) is 6.07 Å². The summed E-state index contributed by atoms with van der Waals surface area (Å²) in [5.74, 6) is 1.48. The quantitative estimate of drug-likeness (QED) is 0.648. The molecule has 0 bridgehead atoms. The number of amidine groups is 1. The molecule has 2 rings (SSSR count). The van der Waals surface area contributed by atoms with Crippen molar-refractivity contribution in [1.82, 2.24) is 0 Å². The van der Waals surface area contributed by atoms with Crippen LogP contribution in [0.2, 0.25) is 0 Å². The summed E-state index contributed by atoms with van der Waals surface area (Å²) in [6.45, 7) is 6.02. The second kappa shape index (κ2) is 5.14. The molecule has 0 saturated heterocycles. The van der Waals surface area contributed by atoms with Crippen LogP contribution >= 0.6 is 0 Å². The van der Waals surface area contributed by atoms with E-state index in [2.05, 4.69) is 0 Å². The molecular weight excluding hydrogens is 236 g/mol. The number of benzene rings is 2. The van der Waals surface area contributed by atoms with E-state index < -0.39 is 0 Å². The first-order chi connectivity index (χ1) is 9.00. The first-order valence-electron chi connectivity index (χ1n) is 6.18. The van der Waals surface area contributed by atoms with Gasteiger partial charge in [0.1, 0.15) is 17.3 Å². The lowest BCUT2D eigenvalue weighted by Crippen LogP contribution is -2.13. The third-order valence-corrected chi connectivity index (χ3v) is 3.27. The zero-order valence-electron chi connectivity index (χ0n) is 11.4. The lowest BCUT2D eigenvalue weighted by atomic mass is 10.1. The Morgan fingerprint density at radius 3 is 2.32 bits per heavy atom. The molecule has 3 heteroatoms. The molecule has 0 aromatic heterocycles. The highest BCUT2D eigenvalue weighted by Crippen LogP contribution is 2.31. The Hall–Kier alpha value is -2.29. The van der Waals surface area contributed by atoms with Gasteiger partial charge in [-0.2, -0.15) is 0 Å². The van der Waals surface area contributed by atoms with Crippen LogP contribution in [0.15, 0.2) is 36.4 Å². The van der Waals surface area contributed by atoms with Gasteiger partial charge in [-0.1, -0.05) is 24.3 Å². The summed E-state index contributed by atoms with van der Waals surface area (Å²) < 4.78 is 5.99. The van der Waals surface area contributed by atoms with Crippen LogP contribution in [0.25, 0.3) is 0 Å². The molecule has 3 N–H and O–H groups in total. The molecule has 0 atom stereocenters. The number of aryl methyl sites for hydroxylation is 2. The van der Waals surface area contributed by atoms with Crippen molar-refractivity contribution in [2.45, 2.75) is 20.8 Å². The fraction of sp³-hybridized carbons (Fsp3) is 0.188. The fourth-order valence-corrected chi connectivity index (χ4v) is 1.94. The molecule has 0 spiro atoms. The van der Waals surface area contributed by atoms with Crippen molar-refractivity contribution >= 4 is 5.84 Å². The van der Waals surface area contributed by atoms with Crippen molar-refractivity contribution in [3.8, 4) is 11.5 Å². The number of rotatable bonds is 3. The van der Waals surface area contributed by atoms with Gasteiger partial charge in [-0.05, 0) is 49.6 Å². The Morgan fingerprint density at radius 2 is 1.63 bits per heavy atom. The van der Waals surface area contributed by atoms with Crippen LogP contribution in [0.5, 0.6) is 11.5 Å². The molecule has 0 saturated carbocycles. The minimum absolute atomic E-state index is 0.0176. The average molecular weight is 254 g/mol. The molecule has 3 nitrogen and oxygen atoms in total. The molecular formula is C16H18N2O. The number of ether oxygens (including phenoxy) is 1. The fourth-order valence-electron chi connectivity index (χ4n) is 1.94. The van der Waals surface area contributed by atoms with Crippen LogP contribution in [0.3, 0.4) is 0 Å². The summed E-state index contributed by atoms with van der Waals surface area (Å²) in [7, 11) is 0. The van der Waals surface area contributed by atoms with Crippen molar-refractivity contribution in [3.63, 3.8) is 0 Å². The number of hydrogen-bond acceptors (Lipinski definition) is 2. The lowest BCUT2D eigenvalue weighted by Gasteiger charge is -2.15. The third kappa shape index (κ3) is 2.60. The van der Waals surface area contributed by atoms with E-state index in [1.165, 1.54) is 5.56 Å². The maximum Gasteiger partial charge on any atom is 0.141 e. The van der Waals surface area contributed by atoms with E-state index in [4.69, 9.17) is 15.9 Å². The van der Waals surface area contributed by atoms with E-state index in [1.807, 2.05) is 51.1 Å². The monoisotopic (exact) mass is 254 g/mol. The minimum atomic E-state index is 0.0176. The van der Waals surface area contributed by atoms with Crippen molar-refractivity contribution in [1.29, 1.82) is 5.41 Å². The minimum Gasteiger partial charge on any atom is -0.456 e. The molecule has 0 fully saturated rings. The van der Waals surface area contributed by atoms with Crippen LogP contribution in [0.1, 0.15) is 22.3 Å². The third-order valence-electron chi connectivity index (χ3n) is 3.27. The van der Waals surface area contributed by atoms with Crippen LogP contribution in [-0.2, 0) is 0 Å². The van der Waals surface area contributed by atoms with Crippen LogP contribution in [-0.4, -0.2) is 5.84 Å². The van der Waals surface area contributed by atoms with Gasteiger partial charge in [0.05, 0.1) is 5.56 Å². The van der Waals surface area contributed by atoms with Gasteiger partial charge in [-0.3, -0.25) is 5.41 Å². The normalized spacial score (nSPS) is 10.3. The molecule has 0 aliphatic rings. The molecule has 0 aliphatic carbocycles. The van der Waals surface area contributed by atoms with E-state index in [-0.39, 0.29) is 5.84 Å². The van der Waals surface area contributed by atoms with Gasteiger partial charge in [0.15, 0.2) is 0 Å². The van der Waals surface area contributed by atoms with E-state index in [9.17, 15) is 0 Å². The molecule has 0 amide bonds. The van der Waals surface area contributed by atoms with Gasteiger partial charge >= 0.3 is 0 Å². The second-order valence-electron chi connectivity index (χ2n) is 4.67. The Labute approximate surface area is 113 Å². The number of para-hydroxylation sites is 1. The number of nitrogens with one attached hydrogen (secondary N) is 1. The van der Waals surface area contributed by atoms with Gasteiger partial charge in [-0.25, -0.2) is 0 Å². The highest BCUT2D eigenvalue weighted by Gasteiger charge is 2.12. The summed E-state index contributed by atoms with van der Waals surface area (Å²) in [4.78, 5) is 0. The van der Waals surface area contributed by atoms with Gasteiger partial charge in [0.2, 0.25) is 0 Å². The van der Waals surface area contributed by atoms with Gasteiger partial charge in [0, 0.05) is 0 Å². The zero-order chi connectivity index (χ0) is 14.0. The molecule has 2 aromatic rings. The zero-order valence-corrected chi connectivity index (χ0v) is 11.4. The Balaban J connectivity index is 2.49. The van der Waals surface area contributed by atoms with E-state index in [0.717, 1.165) is 16.9 Å². The highest BCUT2D eigenvalue weighted by atomic mass is 16.5. The van der Waals surface area contributed by atoms with E-state index in [0.29, 0.717) is 11.3 Å². The summed E-state index contributed by atoms with van der Waals surface area (Å²) in [6.07, 6.45) is 0. The van der Waals surface area contributed by atoms with Crippen LogP contribution in [0, 0.1) is 26.2 Å². The van der Waals surface area contributed by atoms with Crippen molar-refractivity contribution in [2.24, 2.45) is 5.73 Å². The predicted molar refractivity (Wildman–Crippen MR) is 78.2 cm³/mol. The van der Waals surface area contributed by atoms with E-state index >= 15 is 0 Å². The second-order valence-corrected chi connectivity index (χ2v) is 4.67. The van der Waals surface area contributed by atoms with Crippen LogP contribution < -0.4 is 10.5 Å². The summed E-state index contributed by atoms with van der Waals surface area (Å²) >= 11 is 0. The maximum atomic E-state index is 7.63. The first kappa shape index (κ1) is 13.1.